The Morgan fingerprint density at radius 1 is 1.14 bits per heavy atom. The molecule has 4 heteroatoms. The van der Waals surface area contributed by atoms with Gasteiger partial charge in [0.15, 0.2) is 0 Å². The summed E-state index contributed by atoms with van der Waals surface area (Å²) >= 11 is 0. The van der Waals surface area contributed by atoms with Gasteiger partial charge in [-0.2, -0.15) is 0 Å². The number of hydrogen-bond donors (Lipinski definition) is 1. The average molecular weight is 391 g/mol. The van der Waals surface area contributed by atoms with Crippen LogP contribution in [0, 0.1) is 40.4 Å². The van der Waals surface area contributed by atoms with E-state index in [4.69, 9.17) is 4.74 Å². The van der Waals surface area contributed by atoms with Gasteiger partial charge in [-0.05, 0) is 80.5 Å². The number of Topliss-reactive ketones (excluding diaryl/α,β-unsaturated/α-hetero) is 2. The Labute approximate surface area is 169 Å². The Bertz CT molecular complexity index is 630. The highest BCUT2D eigenvalue weighted by Gasteiger charge is 2.63. The molecule has 0 heterocycles. The van der Waals surface area contributed by atoms with Gasteiger partial charge in [0, 0.05) is 31.3 Å². The third kappa shape index (κ3) is 3.10. The molecule has 0 aromatic carbocycles. The number of ether oxygens (including phenoxy) is 1. The first-order valence-electron chi connectivity index (χ1n) is 11.6. The van der Waals surface area contributed by atoms with Gasteiger partial charge >= 0.3 is 0 Å². The molecular formula is C24H38O4. The molecule has 4 aliphatic rings. The highest BCUT2D eigenvalue weighted by Crippen LogP contribution is 2.66. The summed E-state index contributed by atoms with van der Waals surface area (Å²) in [6, 6.07) is 0. The van der Waals surface area contributed by atoms with Crippen molar-refractivity contribution in [3.8, 4) is 0 Å². The van der Waals surface area contributed by atoms with Crippen LogP contribution < -0.4 is 0 Å². The highest BCUT2D eigenvalue weighted by molar-refractivity contribution is 5.87. The molecule has 0 spiro atoms. The fourth-order valence-electron chi connectivity index (χ4n) is 8.07. The van der Waals surface area contributed by atoms with E-state index in [0.29, 0.717) is 55.4 Å². The first kappa shape index (κ1) is 20.5. The van der Waals surface area contributed by atoms with Gasteiger partial charge in [0.25, 0.3) is 0 Å². The van der Waals surface area contributed by atoms with E-state index in [0.717, 1.165) is 44.9 Å². The molecule has 8 atom stereocenters. The monoisotopic (exact) mass is 390 g/mol. The van der Waals surface area contributed by atoms with Crippen molar-refractivity contribution in [2.24, 2.45) is 40.4 Å². The molecule has 4 saturated carbocycles. The van der Waals surface area contributed by atoms with Crippen molar-refractivity contribution < 1.29 is 19.4 Å². The van der Waals surface area contributed by atoms with Crippen molar-refractivity contribution in [3.05, 3.63) is 0 Å². The molecule has 1 N–H and O–H groups in total. The highest BCUT2D eigenvalue weighted by atomic mass is 16.5. The number of carbonyl (C=O) groups is 2. The molecule has 0 aromatic rings. The molecule has 4 fully saturated rings. The van der Waals surface area contributed by atoms with E-state index in [9.17, 15) is 14.7 Å². The molecule has 158 valence electrons. The van der Waals surface area contributed by atoms with E-state index in [-0.39, 0.29) is 28.8 Å². The second-order valence-electron chi connectivity index (χ2n) is 10.6. The van der Waals surface area contributed by atoms with Gasteiger partial charge in [-0.3, -0.25) is 9.59 Å². The second kappa shape index (κ2) is 7.50. The fraction of sp³-hybridized carbons (Fsp3) is 0.917. The van der Waals surface area contributed by atoms with Gasteiger partial charge in [0.1, 0.15) is 11.6 Å². The van der Waals surface area contributed by atoms with E-state index in [1.165, 1.54) is 0 Å². The predicted molar refractivity (Wildman–Crippen MR) is 108 cm³/mol. The summed E-state index contributed by atoms with van der Waals surface area (Å²) in [5.41, 5.74) is -0.101. The van der Waals surface area contributed by atoms with E-state index in [2.05, 4.69) is 13.8 Å². The SMILES string of the molecule is CCOCCC(=O)[C@H]1CC[C@H]2[C@@H]3CC[C@H]4C[C@H](O)CC[C@]4(C)[C@H]3C(=O)C[C@]12C. The molecule has 0 aliphatic heterocycles. The fourth-order valence-corrected chi connectivity index (χ4v) is 8.07. The van der Waals surface area contributed by atoms with Crippen LogP contribution in [0.5, 0.6) is 0 Å². The minimum atomic E-state index is -0.183. The summed E-state index contributed by atoms with van der Waals surface area (Å²) in [5.74, 6) is 2.32. The summed E-state index contributed by atoms with van der Waals surface area (Å²) in [6.07, 6.45) is 7.85. The Balaban J connectivity index is 1.56. The number of aliphatic hydroxyl groups excluding tert-OH is 1. The van der Waals surface area contributed by atoms with Crippen molar-refractivity contribution in [1.29, 1.82) is 0 Å². The predicted octanol–water partition coefficient (Wildman–Crippen LogP) is 4.18. The number of ketones is 2. The zero-order chi connectivity index (χ0) is 20.1. The summed E-state index contributed by atoms with van der Waals surface area (Å²) in [4.78, 5) is 26.5. The van der Waals surface area contributed by atoms with Crippen LogP contribution in [-0.2, 0) is 14.3 Å². The lowest BCUT2D eigenvalue weighted by atomic mass is 9.44. The third-order valence-corrected chi connectivity index (χ3v) is 9.41. The second-order valence-corrected chi connectivity index (χ2v) is 10.6. The van der Waals surface area contributed by atoms with Crippen LogP contribution in [-0.4, -0.2) is 36.0 Å². The van der Waals surface area contributed by atoms with Crippen LogP contribution in [0.1, 0.15) is 78.6 Å². The van der Waals surface area contributed by atoms with Gasteiger partial charge in [-0.1, -0.05) is 13.8 Å². The maximum Gasteiger partial charge on any atom is 0.138 e. The number of hydrogen-bond acceptors (Lipinski definition) is 4. The largest absolute Gasteiger partial charge is 0.393 e. The van der Waals surface area contributed by atoms with Crippen molar-refractivity contribution in [2.45, 2.75) is 84.7 Å². The summed E-state index contributed by atoms with van der Waals surface area (Å²) in [7, 11) is 0. The molecule has 0 saturated heterocycles. The van der Waals surface area contributed by atoms with E-state index in [1.807, 2.05) is 6.92 Å². The molecule has 4 nitrogen and oxygen atoms in total. The smallest absolute Gasteiger partial charge is 0.138 e. The van der Waals surface area contributed by atoms with Crippen LogP contribution in [0.3, 0.4) is 0 Å². The van der Waals surface area contributed by atoms with E-state index in [1.54, 1.807) is 0 Å². The molecule has 4 rings (SSSR count). The van der Waals surface area contributed by atoms with Gasteiger partial charge < -0.3 is 9.84 Å². The summed E-state index contributed by atoms with van der Waals surface area (Å²) < 4.78 is 5.41. The lowest BCUT2D eigenvalue weighted by Gasteiger charge is -2.59. The molecule has 0 aromatic heterocycles. The average Bonchev–Trinajstić information content (AvgIpc) is 2.98. The quantitative estimate of drug-likeness (QED) is 0.715. The first-order valence-corrected chi connectivity index (χ1v) is 11.6. The maximum absolute atomic E-state index is 13.5. The minimum absolute atomic E-state index is 0.0292. The van der Waals surface area contributed by atoms with Crippen molar-refractivity contribution >= 4 is 11.6 Å². The Kier molecular flexibility index (Phi) is 5.50. The van der Waals surface area contributed by atoms with Crippen LogP contribution in [0.15, 0.2) is 0 Å². The minimum Gasteiger partial charge on any atom is -0.393 e. The molecule has 28 heavy (non-hydrogen) atoms. The summed E-state index contributed by atoms with van der Waals surface area (Å²) in [5, 5.41) is 10.2. The Morgan fingerprint density at radius 2 is 1.93 bits per heavy atom. The number of fused-ring (bicyclic) bond motifs is 5. The van der Waals surface area contributed by atoms with E-state index >= 15 is 0 Å². The maximum atomic E-state index is 13.5. The van der Waals surface area contributed by atoms with Crippen LogP contribution in [0.2, 0.25) is 0 Å². The van der Waals surface area contributed by atoms with Crippen molar-refractivity contribution in [1.82, 2.24) is 0 Å². The summed E-state index contributed by atoms with van der Waals surface area (Å²) in [6.45, 7) is 7.68. The number of rotatable bonds is 5. The number of carbonyl (C=O) groups excluding carboxylic acids is 2. The Morgan fingerprint density at radius 3 is 2.68 bits per heavy atom. The van der Waals surface area contributed by atoms with Gasteiger partial charge in [-0.15, -0.1) is 0 Å². The van der Waals surface area contributed by atoms with Crippen LogP contribution in [0.4, 0.5) is 0 Å². The first-order chi connectivity index (χ1) is 13.3. The van der Waals surface area contributed by atoms with E-state index < -0.39 is 0 Å². The molecule has 0 radical (unpaired) electrons. The topological polar surface area (TPSA) is 63.6 Å². The van der Waals surface area contributed by atoms with Crippen LogP contribution in [0.25, 0.3) is 0 Å². The zero-order valence-corrected chi connectivity index (χ0v) is 17.9. The van der Waals surface area contributed by atoms with Crippen LogP contribution >= 0.6 is 0 Å². The normalized spacial score (nSPS) is 47.9. The van der Waals surface area contributed by atoms with Gasteiger partial charge in [-0.25, -0.2) is 0 Å². The lowest BCUT2D eigenvalue weighted by Crippen LogP contribution is -2.58. The van der Waals surface area contributed by atoms with Gasteiger partial charge in [0.05, 0.1) is 12.7 Å². The van der Waals surface area contributed by atoms with Gasteiger partial charge in [0.2, 0.25) is 0 Å². The zero-order valence-electron chi connectivity index (χ0n) is 17.9. The van der Waals surface area contributed by atoms with Crippen molar-refractivity contribution in [2.75, 3.05) is 13.2 Å². The number of aliphatic hydroxyl groups is 1. The third-order valence-electron chi connectivity index (χ3n) is 9.41. The molecule has 0 amide bonds. The Hall–Kier alpha value is -0.740. The molecule has 0 bridgehead atoms. The molecule has 4 aliphatic carbocycles. The molecular weight excluding hydrogens is 352 g/mol. The lowest BCUT2D eigenvalue weighted by molar-refractivity contribution is -0.162. The molecule has 0 unspecified atom stereocenters. The standard InChI is InChI=1S/C24H38O4/c1-4-28-12-10-20(26)19-8-7-18-17-6-5-15-13-16(25)9-11-23(15,2)22(17)21(27)14-24(18,19)3/h15-19,22,25H,4-14H2,1-3H3/t15-,16+,17-,18-,19+,22+,23-,24-/m0/s1. The van der Waals surface area contributed by atoms with Crippen molar-refractivity contribution in [3.63, 3.8) is 0 Å².